The molecule has 0 aliphatic carbocycles. The van der Waals surface area contributed by atoms with Crippen LogP contribution < -0.4 is 20.7 Å². The molecule has 1 unspecified atom stereocenters. The van der Waals surface area contributed by atoms with Gasteiger partial charge in [-0.1, -0.05) is 18.2 Å². The number of benzene rings is 1. The first kappa shape index (κ1) is 19.5. The summed E-state index contributed by atoms with van der Waals surface area (Å²) >= 11 is 0. The predicted molar refractivity (Wildman–Crippen MR) is 102 cm³/mol. The lowest BCUT2D eigenvalue weighted by atomic mass is 10.0. The highest BCUT2D eigenvalue weighted by molar-refractivity contribution is 14.0. The summed E-state index contributed by atoms with van der Waals surface area (Å²) in [7, 11) is 1.70. The highest BCUT2D eigenvalue weighted by atomic mass is 127. The van der Waals surface area contributed by atoms with E-state index >= 15 is 0 Å². The van der Waals surface area contributed by atoms with Crippen molar-refractivity contribution >= 4 is 35.8 Å². The van der Waals surface area contributed by atoms with Crippen LogP contribution in [0.3, 0.4) is 0 Å². The molecule has 6 nitrogen and oxygen atoms in total. The van der Waals surface area contributed by atoms with Gasteiger partial charge in [-0.2, -0.15) is 0 Å². The van der Waals surface area contributed by atoms with Crippen molar-refractivity contribution in [1.82, 2.24) is 16.0 Å². The Morgan fingerprint density at radius 2 is 2.13 bits per heavy atom. The smallest absolute Gasteiger partial charge is 0.239 e. The number of nitrogens with one attached hydrogen (secondary N) is 3. The van der Waals surface area contributed by atoms with Crippen molar-refractivity contribution < 1.29 is 9.53 Å². The lowest BCUT2D eigenvalue weighted by Gasteiger charge is -2.28. The Morgan fingerprint density at radius 1 is 1.39 bits per heavy atom. The average molecular weight is 432 g/mol. The van der Waals surface area contributed by atoms with Gasteiger partial charge in [0.05, 0.1) is 19.2 Å². The molecule has 1 amide bonds. The highest BCUT2D eigenvalue weighted by Crippen LogP contribution is 2.31. The van der Waals surface area contributed by atoms with Crippen molar-refractivity contribution in [1.29, 1.82) is 0 Å². The SMILES string of the molecule is CN=C(NCC(=O)NC(C)C)NC1CCOc2ccccc21.I. The first-order valence-electron chi connectivity index (χ1n) is 7.58. The van der Waals surface area contributed by atoms with Crippen LogP contribution in [0.15, 0.2) is 29.3 Å². The number of ether oxygens (including phenoxy) is 1. The minimum atomic E-state index is -0.0506. The van der Waals surface area contributed by atoms with Gasteiger partial charge in [0, 0.05) is 25.1 Å². The van der Waals surface area contributed by atoms with Crippen LogP contribution >= 0.6 is 24.0 Å². The summed E-state index contributed by atoms with van der Waals surface area (Å²) in [4.78, 5) is 15.9. The lowest BCUT2D eigenvalue weighted by Crippen LogP contribution is -2.46. The molecule has 0 saturated carbocycles. The third-order valence-electron chi connectivity index (χ3n) is 3.36. The molecule has 1 atom stereocenters. The van der Waals surface area contributed by atoms with Gasteiger partial charge in [-0.3, -0.25) is 9.79 Å². The molecule has 0 saturated heterocycles. The molecule has 3 N–H and O–H groups in total. The van der Waals surface area contributed by atoms with Crippen LogP contribution in [0.1, 0.15) is 31.9 Å². The van der Waals surface area contributed by atoms with Crippen molar-refractivity contribution in [2.45, 2.75) is 32.4 Å². The van der Waals surface area contributed by atoms with Crippen LogP contribution in [0, 0.1) is 0 Å². The molecule has 0 bridgehead atoms. The number of para-hydroxylation sites is 1. The number of carbonyl (C=O) groups excluding carboxylic acids is 1. The van der Waals surface area contributed by atoms with Crippen molar-refractivity contribution in [2.24, 2.45) is 4.99 Å². The standard InChI is InChI=1S/C16H24N4O2.HI/c1-11(2)19-15(21)10-18-16(17-3)20-13-8-9-22-14-7-5-4-6-12(13)14;/h4-7,11,13H,8-10H2,1-3H3,(H,19,21)(H2,17,18,20);1H. The molecule has 128 valence electrons. The number of halogens is 1. The van der Waals surface area contributed by atoms with Gasteiger partial charge in [0.25, 0.3) is 0 Å². The van der Waals surface area contributed by atoms with E-state index in [0.717, 1.165) is 17.7 Å². The van der Waals surface area contributed by atoms with E-state index < -0.39 is 0 Å². The Labute approximate surface area is 154 Å². The highest BCUT2D eigenvalue weighted by Gasteiger charge is 2.21. The number of hydrogen-bond acceptors (Lipinski definition) is 3. The maximum absolute atomic E-state index is 11.7. The van der Waals surface area contributed by atoms with Crippen molar-refractivity contribution in [2.75, 3.05) is 20.2 Å². The zero-order chi connectivity index (χ0) is 15.9. The third kappa shape index (κ3) is 5.89. The molecule has 1 aliphatic rings. The van der Waals surface area contributed by atoms with Crippen LogP contribution in [0.25, 0.3) is 0 Å². The fourth-order valence-corrected chi connectivity index (χ4v) is 2.39. The summed E-state index contributed by atoms with van der Waals surface area (Å²) in [6.07, 6.45) is 0.857. The maximum Gasteiger partial charge on any atom is 0.239 e. The summed E-state index contributed by atoms with van der Waals surface area (Å²) in [6, 6.07) is 8.23. The third-order valence-corrected chi connectivity index (χ3v) is 3.36. The molecule has 1 aliphatic heterocycles. The number of carbonyl (C=O) groups is 1. The Kier molecular flexibility index (Phi) is 8.15. The topological polar surface area (TPSA) is 74.8 Å². The van der Waals surface area contributed by atoms with Crippen LogP contribution in [0.5, 0.6) is 5.75 Å². The van der Waals surface area contributed by atoms with Gasteiger partial charge in [0.15, 0.2) is 5.96 Å². The quantitative estimate of drug-likeness (QED) is 0.386. The van der Waals surface area contributed by atoms with E-state index in [2.05, 4.69) is 20.9 Å². The summed E-state index contributed by atoms with van der Waals surface area (Å²) in [6.45, 7) is 4.73. The molecule has 1 heterocycles. The maximum atomic E-state index is 11.7. The van der Waals surface area contributed by atoms with Crippen LogP contribution in [0.2, 0.25) is 0 Å². The van der Waals surface area contributed by atoms with E-state index in [1.54, 1.807) is 7.05 Å². The Morgan fingerprint density at radius 3 is 2.83 bits per heavy atom. The van der Waals surface area contributed by atoms with E-state index in [9.17, 15) is 4.79 Å². The molecular formula is C16H25IN4O2. The van der Waals surface area contributed by atoms with Crippen LogP contribution in [-0.4, -0.2) is 38.1 Å². The van der Waals surface area contributed by atoms with E-state index in [1.165, 1.54) is 0 Å². The largest absolute Gasteiger partial charge is 0.493 e. The van der Waals surface area contributed by atoms with Crippen LogP contribution in [-0.2, 0) is 4.79 Å². The van der Waals surface area contributed by atoms with Gasteiger partial charge in [0.1, 0.15) is 5.75 Å². The van der Waals surface area contributed by atoms with Crippen molar-refractivity contribution in [3.8, 4) is 5.75 Å². The molecule has 0 radical (unpaired) electrons. The predicted octanol–water partition coefficient (Wildman–Crippen LogP) is 1.82. The number of hydrogen-bond donors (Lipinski definition) is 3. The number of amides is 1. The van der Waals surface area contributed by atoms with E-state index in [-0.39, 0.29) is 48.5 Å². The number of rotatable bonds is 4. The van der Waals surface area contributed by atoms with E-state index in [4.69, 9.17) is 4.74 Å². The summed E-state index contributed by atoms with van der Waals surface area (Å²) in [5, 5.41) is 9.23. The number of fused-ring (bicyclic) bond motifs is 1. The van der Waals surface area contributed by atoms with Gasteiger partial charge in [0.2, 0.25) is 5.91 Å². The molecule has 0 fully saturated rings. The van der Waals surface area contributed by atoms with Gasteiger partial charge in [-0.25, -0.2) is 0 Å². The monoisotopic (exact) mass is 432 g/mol. The second-order valence-corrected chi connectivity index (χ2v) is 5.52. The zero-order valence-electron chi connectivity index (χ0n) is 13.8. The van der Waals surface area contributed by atoms with Crippen molar-refractivity contribution in [3.63, 3.8) is 0 Å². The second kappa shape index (κ2) is 9.59. The fourth-order valence-electron chi connectivity index (χ4n) is 2.39. The van der Waals surface area contributed by atoms with Gasteiger partial charge in [-0.15, -0.1) is 24.0 Å². The Balaban J connectivity index is 0.00000264. The summed E-state index contributed by atoms with van der Waals surface area (Å²) < 4.78 is 5.65. The first-order chi connectivity index (χ1) is 10.6. The molecule has 0 aromatic heterocycles. The van der Waals surface area contributed by atoms with E-state index in [1.807, 2.05) is 38.1 Å². The van der Waals surface area contributed by atoms with Gasteiger partial charge in [-0.05, 0) is 19.9 Å². The molecule has 23 heavy (non-hydrogen) atoms. The minimum Gasteiger partial charge on any atom is -0.493 e. The summed E-state index contributed by atoms with van der Waals surface area (Å²) in [5.41, 5.74) is 1.11. The van der Waals surface area contributed by atoms with Crippen LogP contribution in [0.4, 0.5) is 0 Å². The summed E-state index contributed by atoms with van der Waals surface area (Å²) in [5.74, 6) is 1.46. The minimum absolute atomic E-state index is 0. The normalized spacial score (nSPS) is 16.7. The first-order valence-corrected chi connectivity index (χ1v) is 7.58. The molecular weight excluding hydrogens is 407 g/mol. The van der Waals surface area contributed by atoms with Crippen molar-refractivity contribution in [3.05, 3.63) is 29.8 Å². The molecule has 2 rings (SSSR count). The number of nitrogens with zero attached hydrogens (tertiary/aromatic N) is 1. The number of guanidine groups is 1. The van der Waals surface area contributed by atoms with Gasteiger partial charge >= 0.3 is 0 Å². The number of aliphatic imine (C=N–C) groups is 1. The molecule has 1 aromatic carbocycles. The van der Waals surface area contributed by atoms with Gasteiger partial charge < -0.3 is 20.7 Å². The zero-order valence-corrected chi connectivity index (χ0v) is 16.1. The average Bonchev–Trinajstić information content (AvgIpc) is 2.51. The Bertz CT molecular complexity index is 549. The van der Waals surface area contributed by atoms with E-state index in [0.29, 0.717) is 12.6 Å². The Hall–Kier alpha value is -1.51. The lowest BCUT2D eigenvalue weighted by molar-refractivity contribution is -0.120. The second-order valence-electron chi connectivity index (χ2n) is 5.52. The molecule has 1 aromatic rings. The molecule has 7 heteroatoms. The fraction of sp³-hybridized carbons (Fsp3) is 0.500. The molecule has 0 spiro atoms.